The summed E-state index contributed by atoms with van der Waals surface area (Å²) in [6.07, 6.45) is 6.24. The fraction of sp³-hybridized carbons (Fsp3) is 0.153. The summed E-state index contributed by atoms with van der Waals surface area (Å²) < 4.78 is 0. The minimum Gasteiger partial charge on any atom is -0.309 e. The highest BCUT2D eigenvalue weighted by Crippen LogP contribution is 2.58. The smallest absolute Gasteiger partial charge is 0.0540 e. The SMILES string of the molecule is CC1(C)c2ccccc2-c2cccc(-c3ccccc3N(c3ccc4c(c3)C3(CCCCC3)c3ccccc3-4)c3ccccc3-c3cccc4c3ccc3ccccc34)c21. The Morgan fingerprint density at radius 3 is 1.67 bits per heavy atom. The van der Waals surface area contributed by atoms with E-state index in [9.17, 15) is 0 Å². The number of rotatable bonds is 5. The summed E-state index contributed by atoms with van der Waals surface area (Å²) in [4.78, 5) is 2.60. The third-order valence-electron chi connectivity index (χ3n) is 14.5. The van der Waals surface area contributed by atoms with Gasteiger partial charge in [-0.3, -0.25) is 0 Å². The maximum atomic E-state index is 2.60. The Kier molecular flexibility index (Phi) is 7.88. The van der Waals surface area contributed by atoms with E-state index in [1.54, 1.807) is 0 Å². The average molecular weight is 770 g/mol. The number of anilines is 3. The van der Waals surface area contributed by atoms with Crippen molar-refractivity contribution in [3.8, 4) is 44.5 Å². The molecule has 1 spiro atoms. The van der Waals surface area contributed by atoms with Crippen LogP contribution in [0, 0.1) is 0 Å². The van der Waals surface area contributed by atoms with E-state index in [1.807, 2.05) is 0 Å². The first-order chi connectivity index (χ1) is 29.5. The van der Waals surface area contributed by atoms with Gasteiger partial charge in [0.05, 0.1) is 11.4 Å². The normalized spacial score (nSPS) is 15.4. The molecule has 0 N–H and O–H groups in total. The molecule has 3 aliphatic rings. The average Bonchev–Trinajstić information content (AvgIpc) is 3.70. The maximum absolute atomic E-state index is 2.60. The van der Waals surface area contributed by atoms with E-state index in [-0.39, 0.29) is 10.8 Å². The van der Waals surface area contributed by atoms with Crippen LogP contribution in [-0.4, -0.2) is 0 Å². The van der Waals surface area contributed by atoms with Crippen LogP contribution in [0.15, 0.2) is 188 Å². The zero-order chi connectivity index (χ0) is 40.0. The van der Waals surface area contributed by atoms with Crippen LogP contribution in [0.4, 0.5) is 17.1 Å². The summed E-state index contributed by atoms with van der Waals surface area (Å²) in [5, 5.41) is 5.10. The standard InChI is InChI=1S/C59H47N/c1-58(2)52-28-10-6-21-46(52)50-26-17-27-51(57(50)58)49-23-9-13-31-56(49)60(40-33-35-47-45-20-7-11-29-53(45)59(54(47)38-40)36-14-3-15-37-59)55-30-12-8-22-48(55)43-25-16-24-42-41-19-5-4-18-39(41)32-34-44(42)43/h4-13,16-35,38H,3,14-15,36-37H2,1-2H3. The third kappa shape index (κ3) is 5.05. The highest BCUT2D eigenvalue weighted by Gasteiger charge is 2.44. The van der Waals surface area contributed by atoms with Crippen LogP contribution < -0.4 is 4.90 Å². The van der Waals surface area contributed by atoms with Gasteiger partial charge in [0.1, 0.15) is 0 Å². The van der Waals surface area contributed by atoms with Crippen molar-refractivity contribution in [2.45, 2.75) is 56.8 Å². The molecule has 1 saturated carbocycles. The van der Waals surface area contributed by atoms with Crippen molar-refractivity contribution in [3.63, 3.8) is 0 Å². The molecule has 0 unspecified atom stereocenters. The van der Waals surface area contributed by atoms with E-state index in [0.29, 0.717) is 0 Å². The van der Waals surface area contributed by atoms with Gasteiger partial charge in [0.15, 0.2) is 0 Å². The fourth-order valence-electron chi connectivity index (χ4n) is 11.8. The van der Waals surface area contributed by atoms with E-state index >= 15 is 0 Å². The summed E-state index contributed by atoms with van der Waals surface area (Å²) >= 11 is 0. The Balaban J connectivity index is 1.13. The van der Waals surface area contributed by atoms with Crippen LogP contribution in [0.5, 0.6) is 0 Å². The molecule has 3 aliphatic carbocycles. The molecule has 1 heteroatoms. The van der Waals surface area contributed by atoms with E-state index in [0.717, 1.165) is 0 Å². The second-order valence-electron chi connectivity index (χ2n) is 17.9. The number of hydrogen-bond donors (Lipinski definition) is 0. The van der Waals surface area contributed by atoms with Crippen LogP contribution in [0.25, 0.3) is 66.1 Å². The predicted octanol–water partition coefficient (Wildman–Crippen LogP) is 16.3. The van der Waals surface area contributed by atoms with E-state index in [1.165, 1.54) is 137 Å². The van der Waals surface area contributed by atoms with Gasteiger partial charge in [-0.15, -0.1) is 0 Å². The summed E-state index contributed by atoms with van der Waals surface area (Å²) in [6.45, 7) is 4.81. The summed E-state index contributed by atoms with van der Waals surface area (Å²) in [7, 11) is 0. The molecule has 1 nitrogen and oxygen atoms in total. The van der Waals surface area contributed by atoms with Crippen molar-refractivity contribution in [3.05, 3.63) is 210 Å². The van der Waals surface area contributed by atoms with Gasteiger partial charge in [-0.2, -0.15) is 0 Å². The number of fused-ring (bicyclic) bond motifs is 11. The molecule has 0 bridgehead atoms. The lowest BCUT2D eigenvalue weighted by Gasteiger charge is -2.37. The molecule has 0 aliphatic heterocycles. The second kappa shape index (κ2) is 13.4. The molecule has 9 aromatic rings. The molecule has 0 radical (unpaired) electrons. The first-order valence-electron chi connectivity index (χ1n) is 21.9. The van der Waals surface area contributed by atoms with Gasteiger partial charge in [-0.1, -0.05) is 197 Å². The van der Waals surface area contributed by atoms with Gasteiger partial charge in [0.25, 0.3) is 0 Å². The molecular weight excluding hydrogens is 723 g/mol. The van der Waals surface area contributed by atoms with Gasteiger partial charge >= 0.3 is 0 Å². The molecule has 12 rings (SSSR count). The molecule has 1 fully saturated rings. The molecule has 0 amide bonds. The van der Waals surface area contributed by atoms with E-state index in [4.69, 9.17) is 0 Å². The molecular formula is C59H47N. The monoisotopic (exact) mass is 769 g/mol. The van der Waals surface area contributed by atoms with Gasteiger partial charge in [0.2, 0.25) is 0 Å². The van der Waals surface area contributed by atoms with Gasteiger partial charge in [-0.05, 0) is 114 Å². The van der Waals surface area contributed by atoms with Crippen LogP contribution in [-0.2, 0) is 10.8 Å². The number of para-hydroxylation sites is 2. The van der Waals surface area contributed by atoms with Crippen molar-refractivity contribution < 1.29 is 0 Å². The lowest BCUT2D eigenvalue weighted by molar-refractivity contribution is 0.353. The predicted molar refractivity (Wildman–Crippen MR) is 254 cm³/mol. The Hall–Kier alpha value is -6.70. The van der Waals surface area contributed by atoms with Crippen molar-refractivity contribution in [1.29, 1.82) is 0 Å². The Morgan fingerprint density at radius 1 is 0.367 bits per heavy atom. The molecule has 60 heavy (non-hydrogen) atoms. The Morgan fingerprint density at radius 2 is 0.900 bits per heavy atom. The lowest BCUT2D eigenvalue weighted by atomic mass is 9.68. The largest absolute Gasteiger partial charge is 0.309 e. The summed E-state index contributed by atoms with van der Waals surface area (Å²) in [6, 6.07) is 71.2. The molecule has 0 atom stereocenters. The molecule has 9 aromatic carbocycles. The molecule has 288 valence electrons. The quantitative estimate of drug-likeness (QED) is 0.158. The second-order valence-corrected chi connectivity index (χ2v) is 17.9. The fourth-order valence-corrected chi connectivity index (χ4v) is 11.8. The zero-order valence-corrected chi connectivity index (χ0v) is 34.4. The van der Waals surface area contributed by atoms with Crippen LogP contribution >= 0.6 is 0 Å². The van der Waals surface area contributed by atoms with Crippen molar-refractivity contribution in [2.75, 3.05) is 4.90 Å². The summed E-state index contributed by atoms with van der Waals surface area (Å²) in [5.41, 5.74) is 19.8. The van der Waals surface area contributed by atoms with Crippen LogP contribution in [0.1, 0.15) is 68.2 Å². The minimum atomic E-state index is -0.156. The van der Waals surface area contributed by atoms with Gasteiger partial charge in [0, 0.05) is 27.6 Å². The van der Waals surface area contributed by atoms with Crippen LogP contribution in [0.3, 0.4) is 0 Å². The van der Waals surface area contributed by atoms with Crippen molar-refractivity contribution >= 4 is 38.6 Å². The van der Waals surface area contributed by atoms with E-state index < -0.39 is 0 Å². The lowest BCUT2D eigenvalue weighted by Crippen LogP contribution is -2.28. The van der Waals surface area contributed by atoms with Gasteiger partial charge in [-0.25, -0.2) is 0 Å². The first-order valence-corrected chi connectivity index (χ1v) is 21.9. The minimum absolute atomic E-state index is 0.0393. The number of benzene rings is 9. The van der Waals surface area contributed by atoms with Crippen LogP contribution in [0.2, 0.25) is 0 Å². The highest BCUT2D eigenvalue weighted by atomic mass is 15.1. The zero-order valence-electron chi connectivity index (χ0n) is 34.4. The molecule has 0 saturated heterocycles. The Bertz CT molecular complexity index is 3180. The molecule has 0 heterocycles. The van der Waals surface area contributed by atoms with E-state index in [2.05, 4.69) is 207 Å². The highest BCUT2D eigenvalue weighted by molar-refractivity contribution is 6.13. The van der Waals surface area contributed by atoms with Gasteiger partial charge < -0.3 is 4.90 Å². The number of nitrogens with zero attached hydrogens (tertiary/aromatic N) is 1. The number of hydrogen-bond acceptors (Lipinski definition) is 1. The molecule has 0 aromatic heterocycles. The Labute approximate surface area is 353 Å². The maximum Gasteiger partial charge on any atom is 0.0540 e. The van der Waals surface area contributed by atoms with Crippen molar-refractivity contribution in [2.24, 2.45) is 0 Å². The first kappa shape index (κ1) is 35.3. The topological polar surface area (TPSA) is 3.24 Å². The summed E-state index contributed by atoms with van der Waals surface area (Å²) in [5.74, 6) is 0. The third-order valence-corrected chi connectivity index (χ3v) is 14.5. The van der Waals surface area contributed by atoms with Crippen molar-refractivity contribution in [1.82, 2.24) is 0 Å².